The molecule has 0 amide bonds. The van der Waals surface area contributed by atoms with Gasteiger partial charge in [-0.05, 0) is 37.1 Å². The van der Waals surface area contributed by atoms with Gasteiger partial charge < -0.3 is 0 Å². The van der Waals surface area contributed by atoms with E-state index in [2.05, 4.69) is 15.9 Å². The van der Waals surface area contributed by atoms with Crippen LogP contribution in [-0.4, -0.2) is 18.0 Å². The van der Waals surface area contributed by atoms with E-state index in [4.69, 9.17) is 0 Å². The normalized spacial score (nSPS) is 16.8. The molecule has 0 unspecified atom stereocenters. The lowest BCUT2D eigenvalue weighted by atomic mass is 10.1. The average Bonchev–Trinajstić information content (AvgIpc) is 2.60. The number of nitrogens with zero attached hydrogens (tertiary/aromatic N) is 1. The van der Waals surface area contributed by atoms with Crippen LogP contribution in [0.4, 0.5) is 0 Å². The molecule has 2 rings (SSSR count). The maximum Gasteiger partial charge on any atom is 0.217 e. The summed E-state index contributed by atoms with van der Waals surface area (Å²) in [5.41, 5.74) is 2.20. The smallest absolute Gasteiger partial charge is 0.212 e. The first-order valence-corrected chi connectivity index (χ1v) is 7.47. The molecular formula is C11H14BrNO2S. The molecule has 1 heterocycles. The van der Waals surface area contributed by atoms with E-state index in [9.17, 15) is 8.42 Å². The van der Waals surface area contributed by atoms with E-state index < -0.39 is 10.0 Å². The maximum absolute atomic E-state index is 12.0. The van der Waals surface area contributed by atoms with Crippen molar-refractivity contribution in [2.75, 3.05) is 0 Å². The summed E-state index contributed by atoms with van der Waals surface area (Å²) in [7, 11) is -3.14. The van der Waals surface area contributed by atoms with Gasteiger partial charge in [0.25, 0.3) is 0 Å². The molecule has 3 nitrogen and oxygen atoms in total. The molecule has 0 spiro atoms. The molecule has 0 bridgehead atoms. The molecule has 1 aliphatic rings. The van der Waals surface area contributed by atoms with Gasteiger partial charge in [0.15, 0.2) is 0 Å². The topological polar surface area (TPSA) is 37.4 Å². The largest absolute Gasteiger partial charge is 0.217 e. The molecule has 0 N–H and O–H groups in total. The van der Waals surface area contributed by atoms with Gasteiger partial charge in [0.1, 0.15) is 0 Å². The fourth-order valence-electron chi connectivity index (χ4n) is 1.81. The standard InChI is InChI=1S/C11H14BrNO2S/c1-8(2)16(14,15)13-6-9-3-4-11(12)5-10(9)7-13/h3-5,8H,6-7H2,1-2H3. The Labute approximate surface area is 105 Å². The summed E-state index contributed by atoms with van der Waals surface area (Å²) in [4.78, 5) is 0. The summed E-state index contributed by atoms with van der Waals surface area (Å²) in [6.45, 7) is 4.43. The van der Waals surface area contributed by atoms with Gasteiger partial charge in [0.2, 0.25) is 10.0 Å². The molecule has 0 saturated carbocycles. The van der Waals surface area contributed by atoms with Crippen LogP contribution in [0.15, 0.2) is 22.7 Å². The lowest BCUT2D eigenvalue weighted by molar-refractivity contribution is 0.425. The Balaban J connectivity index is 2.30. The van der Waals surface area contributed by atoms with E-state index >= 15 is 0 Å². The van der Waals surface area contributed by atoms with Crippen LogP contribution in [0.25, 0.3) is 0 Å². The number of rotatable bonds is 2. The minimum atomic E-state index is -3.14. The average molecular weight is 304 g/mol. The lowest BCUT2D eigenvalue weighted by Gasteiger charge is -2.18. The van der Waals surface area contributed by atoms with Gasteiger partial charge in [-0.25, -0.2) is 8.42 Å². The summed E-state index contributed by atoms with van der Waals surface area (Å²) >= 11 is 3.40. The predicted molar refractivity (Wildman–Crippen MR) is 67.4 cm³/mol. The van der Waals surface area contributed by atoms with Gasteiger partial charge in [-0.3, -0.25) is 0 Å². The van der Waals surface area contributed by atoms with Gasteiger partial charge in [-0.1, -0.05) is 22.0 Å². The molecule has 1 aliphatic heterocycles. The van der Waals surface area contributed by atoms with Gasteiger partial charge >= 0.3 is 0 Å². The van der Waals surface area contributed by atoms with Crippen molar-refractivity contribution in [2.24, 2.45) is 0 Å². The van der Waals surface area contributed by atoms with Crippen LogP contribution < -0.4 is 0 Å². The van der Waals surface area contributed by atoms with Crippen LogP contribution in [0, 0.1) is 0 Å². The number of hydrogen-bond donors (Lipinski definition) is 0. The summed E-state index contributed by atoms with van der Waals surface area (Å²) in [5, 5.41) is -0.356. The molecule has 0 saturated heterocycles. The minimum absolute atomic E-state index is 0.356. The fourth-order valence-corrected chi connectivity index (χ4v) is 3.45. The highest BCUT2D eigenvalue weighted by atomic mass is 79.9. The highest BCUT2D eigenvalue weighted by molar-refractivity contribution is 9.10. The van der Waals surface area contributed by atoms with E-state index in [-0.39, 0.29) is 5.25 Å². The van der Waals surface area contributed by atoms with Gasteiger partial charge in [0.05, 0.1) is 5.25 Å². The second-order valence-electron chi connectivity index (χ2n) is 4.27. The number of sulfonamides is 1. The van der Waals surface area contributed by atoms with Crippen molar-refractivity contribution >= 4 is 26.0 Å². The third-order valence-corrected chi connectivity index (χ3v) is 5.48. The molecular weight excluding hydrogens is 290 g/mol. The Morgan fingerprint density at radius 1 is 1.25 bits per heavy atom. The third-order valence-electron chi connectivity index (χ3n) is 2.82. The molecule has 5 heteroatoms. The predicted octanol–water partition coefficient (Wildman–Crippen LogP) is 2.50. The Kier molecular flexibility index (Phi) is 3.11. The number of benzene rings is 1. The van der Waals surface area contributed by atoms with E-state index in [1.54, 1.807) is 18.2 Å². The number of fused-ring (bicyclic) bond motifs is 1. The zero-order valence-corrected chi connectivity index (χ0v) is 11.7. The highest BCUT2D eigenvalue weighted by Crippen LogP contribution is 2.28. The van der Waals surface area contributed by atoms with Crippen LogP contribution >= 0.6 is 15.9 Å². The molecule has 0 aliphatic carbocycles. The van der Waals surface area contributed by atoms with Gasteiger partial charge in [0, 0.05) is 17.6 Å². The van der Waals surface area contributed by atoms with Gasteiger partial charge in [-0.2, -0.15) is 4.31 Å². The monoisotopic (exact) mass is 303 g/mol. The van der Waals surface area contributed by atoms with E-state index in [1.165, 1.54) is 0 Å². The first-order valence-electron chi connectivity index (χ1n) is 5.17. The van der Waals surface area contributed by atoms with E-state index in [0.29, 0.717) is 13.1 Å². The van der Waals surface area contributed by atoms with Crippen LogP contribution in [0.1, 0.15) is 25.0 Å². The molecule has 16 heavy (non-hydrogen) atoms. The quantitative estimate of drug-likeness (QED) is 0.842. The second-order valence-corrected chi connectivity index (χ2v) is 7.68. The van der Waals surface area contributed by atoms with Crippen molar-refractivity contribution in [3.63, 3.8) is 0 Å². The minimum Gasteiger partial charge on any atom is -0.212 e. The van der Waals surface area contributed by atoms with Crippen LogP contribution in [0.2, 0.25) is 0 Å². The Bertz CT molecular complexity index is 511. The highest BCUT2D eigenvalue weighted by Gasteiger charge is 2.31. The summed E-state index contributed by atoms with van der Waals surface area (Å²) in [6.07, 6.45) is 0. The Morgan fingerprint density at radius 3 is 2.50 bits per heavy atom. The van der Waals surface area contributed by atoms with Crippen molar-refractivity contribution in [3.05, 3.63) is 33.8 Å². The van der Waals surface area contributed by atoms with Crippen LogP contribution in [-0.2, 0) is 23.1 Å². The molecule has 1 aromatic rings. The Hall–Kier alpha value is -0.390. The zero-order chi connectivity index (χ0) is 11.9. The Morgan fingerprint density at radius 2 is 1.88 bits per heavy atom. The summed E-state index contributed by atoms with van der Waals surface area (Å²) < 4.78 is 26.5. The van der Waals surface area contributed by atoms with E-state index in [0.717, 1.165) is 15.6 Å². The van der Waals surface area contributed by atoms with Crippen molar-refractivity contribution in [2.45, 2.75) is 32.2 Å². The van der Waals surface area contributed by atoms with Crippen LogP contribution in [0.5, 0.6) is 0 Å². The SMILES string of the molecule is CC(C)S(=O)(=O)N1Cc2ccc(Br)cc2C1. The first kappa shape index (κ1) is 12.1. The van der Waals surface area contributed by atoms with Gasteiger partial charge in [-0.15, -0.1) is 0 Å². The molecule has 0 atom stereocenters. The number of halogens is 1. The summed E-state index contributed by atoms with van der Waals surface area (Å²) in [5.74, 6) is 0. The maximum atomic E-state index is 12.0. The zero-order valence-electron chi connectivity index (χ0n) is 9.27. The molecule has 88 valence electrons. The van der Waals surface area contributed by atoms with Crippen LogP contribution in [0.3, 0.4) is 0 Å². The molecule has 0 aromatic heterocycles. The molecule has 0 radical (unpaired) electrons. The third kappa shape index (κ3) is 2.04. The van der Waals surface area contributed by atoms with Crippen molar-refractivity contribution in [1.29, 1.82) is 0 Å². The number of hydrogen-bond acceptors (Lipinski definition) is 2. The van der Waals surface area contributed by atoms with Crippen molar-refractivity contribution in [3.8, 4) is 0 Å². The molecule has 0 fully saturated rings. The fraction of sp³-hybridized carbons (Fsp3) is 0.455. The summed E-state index contributed by atoms with van der Waals surface area (Å²) in [6, 6.07) is 5.92. The first-order chi connectivity index (χ1) is 7.41. The lowest BCUT2D eigenvalue weighted by Crippen LogP contribution is -2.32. The van der Waals surface area contributed by atoms with Crippen molar-refractivity contribution in [1.82, 2.24) is 4.31 Å². The van der Waals surface area contributed by atoms with Crippen molar-refractivity contribution < 1.29 is 8.42 Å². The second kappa shape index (κ2) is 4.13. The molecule has 1 aromatic carbocycles. The van der Waals surface area contributed by atoms with E-state index in [1.807, 2.05) is 18.2 Å².